The fraction of sp³-hybridized carbons (Fsp3) is 0.231. The molecule has 1 nitrogen and oxygen atoms in total. The van der Waals surface area contributed by atoms with Crippen molar-refractivity contribution in [3.05, 3.63) is 54.6 Å². The van der Waals surface area contributed by atoms with E-state index in [0.29, 0.717) is 0 Å². The average molecular weight is 332 g/mol. The summed E-state index contributed by atoms with van der Waals surface area (Å²) in [6.07, 6.45) is -0.608. The van der Waals surface area contributed by atoms with E-state index in [0.717, 1.165) is 30.4 Å². The first-order chi connectivity index (χ1) is 7.99. The summed E-state index contributed by atoms with van der Waals surface area (Å²) in [6, 6.07) is 7.85. The zero-order valence-electron chi connectivity index (χ0n) is 9.50. The van der Waals surface area contributed by atoms with E-state index in [1.165, 1.54) is 11.3 Å². The molecular weight excluding hydrogens is 320 g/mol. The van der Waals surface area contributed by atoms with Crippen LogP contribution < -0.4 is 0 Å². The van der Waals surface area contributed by atoms with Gasteiger partial charge in [0.2, 0.25) is 0 Å². The SMILES string of the molecule is Cc1ccc(Br)cc1C(O)c1cc(C)c(Cl)s1. The summed E-state index contributed by atoms with van der Waals surface area (Å²) in [6.45, 7) is 3.94. The summed E-state index contributed by atoms with van der Waals surface area (Å²) < 4.78 is 1.71. The maximum absolute atomic E-state index is 10.4. The van der Waals surface area contributed by atoms with E-state index in [-0.39, 0.29) is 0 Å². The largest absolute Gasteiger partial charge is 0.383 e. The van der Waals surface area contributed by atoms with Crippen LogP contribution in [0, 0.1) is 13.8 Å². The Labute approximate surface area is 118 Å². The lowest BCUT2D eigenvalue weighted by molar-refractivity contribution is 0.223. The van der Waals surface area contributed by atoms with E-state index in [4.69, 9.17) is 11.6 Å². The van der Waals surface area contributed by atoms with Gasteiger partial charge in [0.05, 0.1) is 4.34 Å². The Kier molecular flexibility index (Phi) is 3.93. The Balaban J connectivity index is 2.42. The molecule has 4 heteroatoms. The molecule has 2 rings (SSSR count). The van der Waals surface area contributed by atoms with Gasteiger partial charge in [0.25, 0.3) is 0 Å². The molecule has 0 fully saturated rings. The average Bonchev–Trinajstić information content (AvgIpc) is 2.62. The molecule has 2 aromatic rings. The van der Waals surface area contributed by atoms with Gasteiger partial charge in [0, 0.05) is 9.35 Å². The number of aryl methyl sites for hydroxylation is 2. The molecule has 17 heavy (non-hydrogen) atoms. The summed E-state index contributed by atoms with van der Waals surface area (Å²) in [5.41, 5.74) is 3.00. The molecule has 1 N–H and O–H groups in total. The molecule has 1 aromatic heterocycles. The lowest BCUT2D eigenvalue weighted by Gasteiger charge is -2.12. The predicted octanol–water partition coefficient (Wildman–Crippen LogP) is 4.86. The number of aliphatic hydroxyl groups excluding tert-OH is 1. The molecular formula is C13H12BrClOS. The maximum Gasteiger partial charge on any atom is 0.114 e. The fourth-order valence-corrected chi connectivity index (χ4v) is 3.28. The third kappa shape index (κ3) is 2.74. The van der Waals surface area contributed by atoms with Crippen molar-refractivity contribution in [1.82, 2.24) is 0 Å². The van der Waals surface area contributed by atoms with E-state index in [2.05, 4.69) is 15.9 Å². The quantitative estimate of drug-likeness (QED) is 0.833. The number of hydrogen-bond acceptors (Lipinski definition) is 2. The van der Waals surface area contributed by atoms with Gasteiger partial charge in [-0.05, 0) is 48.7 Å². The molecule has 1 unspecified atom stereocenters. The number of hydrogen-bond donors (Lipinski definition) is 1. The van der Waals surface area contributed by atoms with Crippen LogP contribution in [0.1, 0.15) is 27.7 Å². The van der Waals surface area contributed by atoms with Gasteiger partial charge in [0.1, 0.15) is 6.10 Å². The summed E-state index contributed by atoms with van der Waals surface area (Å²) in [5.74, 6) is 0. The predicted molar refractivity (Wildman–Crippen MR) is 77.0 cm³/mol. The minimum atomic E-state index is -0.608. The molecule has 1 heterocycles. The van der Waals surface area contributed by atoms with Crippen molar-refractivity contribution < 1.29 is 5.11 Å². The number of rotatable bonds is 2. The Hall–Kier alpha value is -0.350. The van der Waals surface area contributed by atoms with Crippen molar-refractivity contribution in [2.24, 2.45) is 0 Å². The molecule has 1 aromatic carbocycles. The smallest absolute Gasteiger partial charge is 0.114 e. The molecule has 0 amide bonds. The summed E-state index contributed by atoms with van der Waals surface area (Å²) >= 11 is 10.9. The highest BCUT2D eigenvalue weighted by Gasteiger charge is 2.16. The van der Waals surface area contributed by atoms with Crippen molar-refractivity contribution in [3.63, 3.8) is 0 Å². The third-order valence-electron chi connectivity index (χ3n) is 2.68. The highest BCUT2D eigenvalue weighted by Crippen LogP contribution is 2.35. The van der Waals surface area contributed by atoms with E-state index < -0.39 is 6.10 Å². The first kappa shape index (κ1) is 13.1. The van der Waals surface area contributed by atoms with Crippen LogP contribution in [0.4, 0.5) is 0 Å². The molecule has 0 aliphatic rings. The maximum atomic E-state index is 10.4. The van der Waals surface area contributed by atoms with Gasteiger partial charge in [-0.15, -0.1) is 11.3 Å². The van der Waals surface area contributed by atoms with Crippen LogP contribution in [0.5, 0.6) is 0 Å². The van der Waals surface area contributed by atoms with E-state index in [9.17, 15) is 5.11 Å². The minimum Gasteiger partial charge on any atom is -0.383 e. The molecule has 0 aliphatic carbocycles. The van der Waals surface area contributed by atoms with Crippen LogP contribution in [0.2, 0.25) is 4.34 Å². The normalized spacial score (nSPS) is 12.8. The van der Waals surface area contributed by atoms with Gasteiger partial charge in [-0.1, -0.05) is 33.6 Å². The second-order valence-electron chi connectivity index (χ2n) is 4.01. The molecule has 0 radical (unpaired) electrons. The summed E-state index contributed by atoms with van der Waals surface area (Å²) in [5, 5.41) is 10.4. The fourth-order valence-electron chi connectivity index (χ4n) is 1.68. The molecule has 1 atom stereocenters. The van der Waals surface area contributed by atoms with Crippen LogP contribution in [0.25, 0.3) is 0 Å². The van der Waals surface area contributed by atoms with E-state index in [1.54, 1.807) is 0 Å². The van der Waals surface area contributed by atoms with Gasteiger partial charge in [-0.2, -0.15) is 0 Å². The number of benzene rings is 1. The van der Waals surface area contributed by atoms with E-state index in [1.807, 2.05) is 38.1 Å². The number of thiophene rings is 1. The second-order valence-corrected chi connectivity index (χ2v) is 6.61. The highest BCUT2D eigenvalue weighted by atomic mass is 79.9. The van der Waals surface area contributed by atoms with Crippen molar-refractivity contribution in [1.29, 1.82) is 0 Å². The van der Waals surface area contributed by atoms with Gasteiger partial charge < -0.3 is 5.11 Å². The lowest BCUT2D eigenvalue weighted by atomic mass is 10.0. The van der Waals surface area contributed by atoms with Crippen molar-refractivity contribution in [3.8, 4) is 0 Å². The Bertz CT molecular complexity index is 531. The lowest BCUT2D eigenvalue weighted by Crippen LogP contribution is -1.99. The van der Waals surface area contributed by atoms with Crippen LogP contribution >= 0.6 is 38.9 Å². The van der Waals surface area contributed by atoms with Crippen LogP contribution in [0.3, 0.4) is 0 Å². The van der Waals surface area contributed by atoms with Crippen LogP contribution in [-0.2, 0) is 0 Å². The Morgan fingerprint density at radius 2 is 1.94 bits per heavy atom. The zero-order chi connectivity index (χ0) is 12.6. The number of halogens is 2. The summed E-state index contributed by atoms with van der Waals surface area (Å²) in [7, 11) is 0. The van der Waals surface area contributed by atoms with Crippen molar-refractivity contribution >= 4 is 38.9 Å². The van der Waals surface area contributed by atoms with Crippen LogP contribution in [-0.4, -0.2) is 5.11 Å². The molecule has 0 spiro atoms. The topological polar surface area (TPSA) is 20.2 Å². The molecule has 0 saturated carbocycles. The van der Waals surface area contributed by atoms with E-state index >= 15 is 0 Å². The Morgan fingerprint density at radius 3 is 2.53 bits per heavy atom. The molecule has 0 saturated heterocycles. The number of aliphatic hydroxyl groups is 1. The Morgan fingerprint density at radius 1 is 1.24 bits per heavy atom. The second kappa shape index (κ2) is 5.11. The van der Waals surface area contributed by atoms with Crippen molar-refractivity contribution in [2.75, 3.05) is 0 Å². The van der Waals surface area contributed by atoms with Gasteiger partial charge in [0.15, 0.2) is 0 Å². The molecule has 0 bridgehead atoms. The monoisotopic (exact) mass is 330 g/mol. The molecule has 90 valence electrons. The third-order valence-corrected chi connectivity index (χ3v) is 4.78. The van der Waals surface area contributed by atoms with Crippen LogP contribution in [0.15, 0.2) is 28.7 Å². The summed E-state index contributed by atoms with van der Waals surface area (Å²) in [4.78, 5) is 0.883. The van der Waals surface area contributed by atoms with Crippen molar-refractivity contribution in [2.45, 2.75) is 20.0 Å². The zero-order valence-corrected chi connectivity index (χ0v) is 12.7. The standard InChI is InChI=1S/C13H12BrClOS/c1-7-3-4-9(14)6-10(7)12(16)11-5-8(2)13(15)17-11/h3-6,12,16H,1-2H3. The highest BCUT2D eigenvalue weighted by molar-refractivity contribution is 9.10. The van der Waals surface area contributed by atoms with Gasteiger partial charge >= 0.3 is 0 Å². The molecule has 0 aliphatic heterocycles. The first-order valence-electron chi connectivity index (χ1n) is 5.19. The van der Waals surface area contributed by atoms with Gasteiger partial charge in [-0.25, -0.2) is 0 Å². The minimum absolute atomic E-state index is 0.608. The first-order valence-corrected chi connectivity index (χ1v) is 7.17. The van der Waals surface area contributed by atoms with Gasteiger partial charge in [-0.3, -0.25) is 0 Å².